The zero-order valence-electron chi connectivity index (χ0n) is 15.0. The third-order valence-electron chi connectivity index (χ3n) is 4.09. The van der Waals surface area contributed by atoms with Gasteiger partial charge in [0.1, 0.15) is 11.5 Å². The van der Waals surface area contributed by atoms with Gasteiger partial charge in [-0.1, -0.05) is 13.8 Å². The lowest BCUT2D eigenvalue weighted by Crippen LogP contribution is -2.40. The minimum Gasteiger partial charge on any atom is -0.496 e. The number of nitrogens with zero attached hydrogens (tertiary/aromatic N) is 1. The van der Waals surface area contributed by atoms with Crippen molar-refractivity contribution in [3.05, 3.63) is 23.3 Å². The van der Waals surface area contributed by atoms with Crippen molar-refractivity contribution in [1.29, 1.82) is 0 Å². The normalized spacial score (nSPS) is 19.2. The molecule has 0 unspecified atom stereocenters. The molecule has 136 valence electrons. The van der Waals surface area contributed by atoms with Crippen LogP contribution in [0.5, 0.6) is 11.5 Å². The van der Waals surface area contributed by atoms with E-state index in [0.717, 1.165) is 16.9 Å². The number of aliphatic hydroxyl groups is 2. The molecule has 2 atom stereocenters. The topological polar surface area (TPSA) is 71.4 Å². The lowest BCUT2D eigenvalue weighted by Gasteiger charge is -2.34. The molecule has 6 nitrogen and oxygen atoms in total. The highest BCUT2D eigenvalue weighted by Gasteiger charge is 2.30. The third-order valence-corrected chi connectivity index (χ3v) is 4.09. The number of ether oxygens (including phenoxy) is 3. The average molecular weight is 339 g/mol. The molecule has 24 heavy (non-hydrogen) atoms. The van der Waals surface area contributed by atoms with Crippen LogP contribution in [0.4, 0.5) is 0 Å². The molecule has 1 aliphatic rings. The Morgan fingerprint density at radius 3 is 2.46 bits per heavy atom. The number of β-amino-alcohol motifs (C(OH)–C–C–N with tert-alkyl or cyclic N) is 2. The molecule has 0 saturated carbocycles. The number of aliphatic hydroxyl groups excluding tert-OH is 2. The highest BCUT2D eigenvalue weighted by molar-refractivity contribution is 5.51. The predicted octanol–water partition coefficient (Wildman–Crippen LogP) is 1.59. The first-order valence-electron chi connectivity index (χ1n) is 8.36. The van der Waals surface area contributed by atoms with Crippen molar-refractivity contribution in [3.8, 4) is 11.5 Å². The lowest BCUT2D eigenvalue weighted by molar-refractivity contribution is -0.00521. The second-order valence-electron chi connectivity index (χ2n) is 6.66. The second kappa shape index (κ2) is 8.67. The fourth-order valence-electron chi connectivity index (χ4n) is 3.07. The van der Waals surface area contributed by atoms with Gasteiger partial charge in [-0.2, -0.15) is 0 Å². The second-order valence-corrected chi connectivity index (χ2v) is 6.66. The van der Waals surface area contributed by atoms with Gasteiger partial charge in [0.2, 0.25) is 0 Å². The first-order chi connectivity index (χ1) is 11.5. The van der Waals surface area contributed by atoms with E-state index in [0.29, 0.717) is 44.5 Å². The van der Waals surface area contributed by atoms with Crippen LogP contribution in [0.2, 0.25) is 0 Å². The van der Waals surface area contributed by atoms with Gasteiger partial charge in [-0.05, 0) is 18.1 Å². The Bertz CT molecular complexity index is 534. The van der Waals surface area contributed by atoms with Crippen molar-refractivity contribution in [1.82, 2.24) is 4.90 Å². The summed E-state index contributed by atoms with van der Waals surface area (Å²) >= 11 is 0. The third kappa shape index (κ3) is 4.60. The quantitative estimate of drug-likeness (QED) is 0.749. The van der Waals surface area contributed by atoms with E-state index in [-0.39, 0.29) is 0 Å². The van der Waals surface area contributed by atoms with E-state index < -0.39 is 12.2 Å². The molecular formula is C18H29NO5. The predicted molar refractivity (Wildman–Crippen MR) is 91.4 cm³/mol. The molecule has 1 aliphatic heterocycles. The number of hydrogen-bond donors (Lipinski definition) is 2. The van der Waals surface area contributed by atoms with Crippen molar-refractivity contribution < 1.29 is 24.4 Å². The van der Waals surface area contributed by atoms with Crippen molar-refractivity contribution in [2.75, 3.05) is 40.5 Å². The molecule has 1 aromatic carbocycles. The molecule has 1 aromatic rings. The number of methoxy groups -OCH3 is 2. The van der Waals surface area contributed by atoms with Crippen LogP contribution in [-0.2, 0) is 11.3 Å². The maximum atomic E-state index is 10.5. The molecule has 0 amide bonds. The maximum Gasteiger partial charge on any atom is 0.125 e. The number of fused-ring (bicyclic) bond motifs is 1. The summed E-state index contributed by atoms with van der Waals surface area (Å²) < 4.78 is 16.3. The molecule has 1 heterocycles. The number of hydrogen-bond acceptors (Lipinski definition) is 6. The molecule has 0 aromatic heterocycles. The summed E-state index contributed by atoms with van der Waals surface area (Å²) in [5.41, 5.74) is 1.68. The molecule has 0 fully saturated rings. The van der Waals surface area contributed by atoms with Crippen LogP contribution >= 0.6 is 0 Å². The van der Waals surface area contributed by atoms with Gasteiger partial charge in [-0.3, -0.25) is 4.90 Å². The first kappa shape index (κ1) is 19.0. The van der Waals surface area contributed by atoms with Crippen LogP contribution in [0.25, 0.3) is 0 Å². The average Bonchev–Trinajstić information content (AvgIpc) is 2.53. The van der Waals surface area contributed by atoms with E-state index in [4.69, 9.17) is 14.2 Å². The maximum absolute atomic E-state index is 10.5. The Morgan fingerprint density at radius 2 is 1.83 bits per heavy atom. The van der Waals surface area contributed by atoms with Gasteiger partial charge in [-0.15, -0.1) is 0 Å². The van der Waals surface area contributed by atoms with E-state index in [9.17, 15) is 10.2 Å². The van der Waals surface area contributed by atoms with Crippen LogP contribution in [0.15, 0.2) is 12.1 Å². The Balaban J connectivity index is 2.05. The lowest BCUT2D eigenvalue weighted by atomic mass is 9.95. The summed E-state index contributed by atoms with van der Waals surface area (Å²) in [6.07, 6.45) is -1.27. The summed E-state index contributed by atoms with van der Waals surface area (Å²) in [5.74, 6) is 1.83. The Labute approximate surface area is 143 Å². The van der Waals surface area contributed by atoms with Crippen molar-refractivity contribution >= 4 is 0 Å². The van der Waals surface area contributed by atoms with Gasteiger partial charge in [0.15, 0.2) is 0 Å². The Hall–Kier alpha value is -1.34. The van der Waals surface area contributed by atoms with E-state index in [1.54, 1.807) is 14.2 Å². The minimum atomic E-state index is -0.678. The van der Waals surface area contributed by atoms with Crippen LogP contribution < -0.4 is 9.47 Å². The van der Waals surface area contributed by atoms with E-state index in [1.807, 2.05) is 17.0 Å². The molecule has 2 rings (SSSR count). The number of rotatable bonds is 8. The van der Waals surface area contributed by atoms with Crippen molar-refractivity contribution in [2.45, 2.75) is 32.6 Å². The highest BCUT2D eigenvalue weighted by atomic mass is 16.5. The largest absolute Gasteiger partial charge is 0.496 e. The van der Waals surface area contributed by atoms with Crippen molar-refractivity contribution in [3.63, 3.8) is 0 Å². The molecule has 2 N–H and O–H groups in total. The van der Waals surface area contributed by atoms with Gasteiger partial charge < -0.3 is 24.4 Å². The summed E-state index contributed by atoms with van der Waals surface area (Å²) in [5, 5.41) is 20.7. The van der Waals surface area contributed by atoms with E-state index in [2.05, 4.69) is 13.8 Å². The van der Waals surface area contributed by atoms with Crippen LogP contribution in [0.3, 0.4) is 0 Å². The smallest absolute Gasteiger partial charge is 0.125 e. The molecule has 0 aliphatic carbocycles. The monoisotopic (exact) mass is 339 g/mol. The molecule has 0 radical (unpaired) electrons. The fourth-order valence-corrected chi connectivity index (χ4v) is 3.07. The summed E-state index contributed by atoms with van der Waals surface area (Å²) in [6.45, 7) is 6.55. The van der Waals surface area contributed by atoms with Crippen molar-refractivity contribution in [2.24, 2.45) is 5.92 Å². The molecule has 6 heteroatoms. The van der Waals surface area contributed by atoms with E-state index in [1.165, 1.54) is 0 Å². The van der Waals surface area contributed by atoms with E-state index >= 15 is 0 Å². The SMILES string of the molecule is COc1ccc(OC)c2c1CN(C[C@H](O)COCC(C)C)C[C@@H]2O. The zero-order chi connectivity index (χ0) is 17.7. The molecular weight excluding hydrogens is 310 g/mol. The summed E-state index contributed by atoms with van der Waals surface area (Å²) in [4.78, 5) is 2.01. The van der Waals surface area contributed by atoms with Gasteiger partial charge in [0, 0.05) is 37.4 Å². The van der Waals surface area contributed by atoms with Gasteiger partial charge in [0.05, 0.1) is 33.0 Å². The van der Waals surface area contributed by atoms with Gasteiger partial charge in [0.25, 0.3) is 0 Å². The summed E-state index contributed by atoms with van der Waals surface area (Å²) in [6, 6.07) is 3.65. The highest BCUT2D eigenvalue weighted by Crippen LogP contribution is 2.39. The van der Waals surface area contributed by atoms with Gasteiger partial charge in [-0.25, -0.2) is 0 Å². The Kier molecular flexibility index (Phi) is 6.86. The summed E-state index contributed by atoms with van der Waals surface area (Å²) in [7, 11) is 3.21. The van der Waals surface area contributed by atoms with Crippen LogP contribution in [0.1, 0.15) is 31.1 Å². The molecule has 0 spiro atoms. The minimum absolute atomic E-state index is 0.298. The van der Waals surface area contributed by atoms with Crippen LogP contribution in [-0.4, -0.2) is 61.7 Å². The van der Waals surface area contributed by atoms with Gasteiger partial charge >= 0.3 is 0 Å². The first-order valence-corrected chi connectivity index (χ1v) is 8.36. The fraction of sp³-hybridized carbons (Fsp3) is 0.667. The molecule has 0 bridgehead atoms. The van der Waals surface area contributed by atoms with Crippen LogP contribution in [0, 0.1) is 5.92 Å². The molecule has 0 saturated heterocycles. The standard InChI is InChI=1S/C18H29NO5/c1-12(2)10-24-11-13(20)7-19-8-14-16(22-3)5-6-17(23-4)18(14)15(21)9-19/h5-6,12-13,15,20-21H,7-11H2,1-4H3/t13-,15-/m0/s1. The number of benzene rings is 1. The zero-order valence-corrected chi connectivity index (χ0v) is 15.0. The Morgan fingerprint density at radius 1 is 1.17 bits per heavy atom.